The summed E-state index contributed by atoms with van der Waals surface area (Å²) in [7, 11) is 3.97. The molecule has 5 heteroatoms. The smallest absolute Gasteiger partial charge is 0.307 e. The second-order valence-corrected chi connectivity index (χ2v) is 16.0. The van der Waals surface area contributed by atoms with Gasteiger partial charge < -0.3 is 19.1 Å². The van der Waals surface area contributed by atoms with Crippen LogP contribution in [0.2, 0.25) is 0 Å². The number of nitrogens with zero attached hydrogens (tertiary/aromatic N) is 1. The highest BCUT2D eigenvalue weighted by Gasteiger charge is 2.52. The second kappa shape index (κ2) is 31.6. The van der Waals surface area contributed by atoms with Crippen molar-refractivity contribution in [2.75, 3.05) is 20.6 Å². The lowest BCUT2D eigenvalue weighted by Gasteiger charge is -2.30. The summed E-state index contributed by atoms with van der Waals surface area (Å²) in [6, 6.07) is 0. The minimum absolute atomic E-state index is 0.0563. The highest BCUT2D eigenvalue weighted by atomic mass is 16.8. The first-order valence-electron chi connectivity index (χ1n) is 22.3. The van der Waals surface area contributed by atoms with E-state index in [0.29, 0.717) is 6.42 Å². The van der Waals surface area contributed by atoms with Gasteiger partial charge in [0.15, 0.2) is 5.79 Å². The molecule has 1 aliphatic heterocycles. The van der Waals surface area contributed by atoms with Crippen molar-refractivity contribution in [2.45, 2.75) is 224 Å². The molecule has 2 rings (SSSR count). The molecule has 2 unspecified atom stereocenters. The van der Waals surface area contributed by atoms with Crippen molar-refractivity contribution in [1.29, 1.82) is 0 Å². The Morgan fingerprint density at radius 3 is 1.37 bits per heavy atom. The van der Waals surface area contributed by atoms with Crippen molar-refractivity contribution in [3.8, 4) is 0 Å². The molecule has 1 saturated heterocycles. The maximum absolute atomic E-state index is 12.4. The highest BCUT2D eigenvalue weighted by molar-refractivity contribution is 5.69. The molecular weight excluding hydrogens is 643 g/mol. The fourth-order valence-electron chi connectivity index (χ4n) is 7.53. The number of carbonyl (C=O) groups is 1. The van der Waals surface area contributed by atoms with Crippen LogP contribution in [-0.2, 0) is 19.0 Å². The number of allylic oxidation sites excluding steroid dienone is 8. The molecule has 0 radical (unpaired) electrons. The number of fused-ring (bicyclic) bond motifs is 1. The molecule has 0 spiro atoms. The molecule has 0 aromatic carbocycles. The Morgan fingerprint density at radius 2 is 0.962 bits per heavy atom. The van der Waals surface area contributed by atoms with Gasteiger partial charge in [-0.2, -0.15) is 0 Å². The summed E-state index contributed by atoms with van der Waals surface area (Å²) in [5, 5.41) is 0. The third-order valence-electron chi connectivity index (χ3n) is 10.7. The number of rotatable bonds is 34. The third kappa shape index (κ3) is 23.9. The first-order valence-corrected chi connectivity index (χ1v) is 22.3. The molecular formula is C47H83NO4. The number of esters is 1. The quantitative estimate of drug-likeness (QED) is 0.0375. The zero-order valence-corrected chi connectivity index (χ0v) is 34.6. The van der Waals surface area contributed by atoms with Gasteiger partial charge in [0, 0.05) is 32.2 Å². The molecule has 0 bridgehead atoms. The number of hydrogen-bond donors (Lipinski definition) is 0. The van der Waals surface area contributed by atoms with Crippen molar-refractivity contribution in [3.63, 3.8) is 0 Å². The molecule has 0 amide bonds. The van der Waals surface area contributed by atoms with E-state index in [1.807, 2.05) is 19.0 Å². The van der Waals surface area contributed by atoms with Gasteiger partial charge in [-0.3, -0.25) is 4.79 Å². The standard InChI is InChI=1S/C47H83NO4/c1-5-7-9-11-13-15-17-19-21-23-25-27-29-31-33-35-38-47(51-44-41-43(42-45(44)52-47)50-46(49)37-40-48(3)4)39-36-34-32-30-28-26-24-22-20-18-16-14-12-10-8-6-2/h13-16,19-22,43-45H,5-12,17-18,23-42H2,1-4H3. The molecule has 1 aliphatic carbocycles. The Kier molecular flexibility index (Phi) is 28.3. The van der Waals surface area contributed by atoms with Gasteiger partial charge in [-0.1, -0.05) is 140 Å². The molecule has 2 fully saturated rings. The summed E-state index contributed by atoms with van der Waals surface area (Å²) < 4.78 is 19.4. The van der Waals surface area contributed by atoms with E-state index >= 15 is 0 Å². The van der Waals surface area contributed by atoms with Crippen LogP contribution in [0.3, 0.4) is 0 Å². The van der Waals surface area contributed by atoms with Crippen molar-refractivity contribution < 1.29 is 19.0 Å². The normalized spacial score (nSPS) is 22.0. The third-order valence-corrected chi connectivity index (χ3v) is 10.7. The van der Waals surface area contributed by atoms with Gasteiger partial charge in [0.1, 0.15) is 6.10 Å². The fraction of sp³-hybridized carbons (Fsp3) is 0.809. The van der Waals surface area contributed by atoms with Crippen molar-refractivity contribution in [3.05, 3.63) is 48.6 Å². The lowest BCUT2D eigenvalue weighted by atomic mass is 9.98. The lowest BCUT2D eigenvalue weighted by molar-refractivity contribution is -0.196. The first-order chi connectivity index (χ1) is 25.5. The Balaban J connectivity index is 1.64. The summed E-state index contributed by atoms with van der Waals surface area (Å²) in [6.45, 7) is 5.24. The molecule has 0 aromatic heterocycles. The van der Waals surface area contributed by atoms with Crippen LogP contribution in [0.1, 0.15) is 200 Å². The van der Waals surface area contributed by atoms with Crippen LogP contribution in [0, 0.1) is 0 Å². The molecule has 1 saturated carbocycles. The maximum Gasteiger partial charge on any atom is 0.307 e. The lowest BCUT2D eigenvalue weighted by Crippen LogP contribution is -2.33. The van der Waals surface area contributed by atoms with Crippen LogP contribution in [-0.4, -0.2) is 55.6 Å². The number of hydrogen-bond acceptors (Lipinski definition) is 5. The molecule has 2 aliphatic rings. The van der Waals surface area contributed by atoms with Gasteiger partial charge in [0.25, 0.3) is 0 Å². The van der Waals surface area contributed by atoms with E-state index in [2.05, 4.69) is 62.5 Å². The molecule has 300 valence electrons. The topological polar surface area (TPSA) is 48.0 Å². The highest BCUT2D eigenvalue weighted by Crippen LogP contribution is 2.44. The number of carbonyl (C=O) groups excluding carboxylic acids is 1. The largest absolute Gasteiger partial charge is 0.462 e. The summed E-state index contributed by atoms with van der Waals surface area (Å²) in [5.41, 5.74) is 0. The average molecular weight is 726 g/mol. The number of ether oxygens (including phenoxy) is 3. The number of unbranched alkanes of at least 4 members (excludes halogenated alkanes) is 18. The minimum atomic E-state index is -0.445. The van der Waals surface area contributed by atoms with Gasteiger partial charge in [-0.05, 0) is 91.1 Å². The van der Waals surface area contributed by atoms with Crippen LogP contribution in [0.5, 0.6) is 0 Å². The molecule has 2 atom stereocenters. The van der Waals surface area contributed by atoms with Gasteiger partial charge in [0.05, 0.1) is 18.6 Å². The van der Waals surface area contributed by atoms with E-state index in [-0.39, 0.29) is 24.3 Å². The predicted molar refractivity (Wildman–Crippen MR) is 223 cm³/mol. The van der Waals surface area contributed by atoms with Crippen LogP contribution in [0.15, 0.2) is 48.6 Å². The SMILES string of the molecule is CCCCCC=CCC=CCCCCCCCCC1(CCCCCCCCC=CCC=CCCCCC)OC2CC(OC(=O)CCN(C)C)CC2O1. The van der Waals surface area contributed by atoms with Gasteiger partial charge in [-0.25, -0.2) is 0 Å². The van der Waals surface area contributed by atoms with E-state index in [9.17, 15) is 4.79 Å². The fourth-order valence-corrected chi connectivity index (χ4v) is 7.53. The zero-order chi connectivity index (χ0) is 37.4. The second-order valence-electron chi connectivity index (χ2n) is 16.0. The Bertz CT molecular complexity index is 904. The predicted octanol–water partition coefficient (Wildman–Crippen LogP) is 13.5. The summed E-state index contributed by atoms with van der Waals surface area (Å²) in [4.78, 5) is 14.4. The van der Waals surface area contributed by atoms with E-state index in [4.69, 9.17) is 14.2 Å². The maximum atomic E-state index is 12.4. The van der Waals surface area contributed by atoms with Crippen LogP contribution >= 0.6 is 0 Å². The first kappa shape index (κ1) is 46.5. The van der Waals surface area contributed by atoms with Crippen LogP contribution < -0.4 is 0 Å². The van der Waals surface area contributed by atoms with E-state index in [1.165, 1.54) is 128 Å². The van der Waals surface area contributed by atoms with E-state index in [0.717, 1.165) is 57.9 Å². The molecule has 0 N–H and O–H groups in total. The Morgan fingerprint density at radius 1 is 0.577 bits per heavy atom. The van der Waals surface area contributed by atoms with Crippen molar-refractivity contribution >= 4 is 5.97 Å². The Labute approximate surface area is 322 Å². The van der Waals surface area contributed by atoms with Crippen LogP contribution in [0.25, 0.3) is 0 Å². The van der Waals surface area contributed by atoms with Crippen molar-refractivity contribution in [2.24, 2.45) is 0 Å². The average Bonchev–Trinajstić information content (AvgIpc) is 3.65. The van der Waals surface area contributed by atoms with Gasteiger partial charge in [-0.15, -0.1) is 0 Å². The molecule has 52 heavy (non-hydrogen) atoms. The monoisotopic (exact) mass is 726 g/mol. The summed E-state index contributed by atoms with van der Waals surface area (Å²) >= 11 is 0. The van der Waals surface area contributed by atoms with Gasteiger partial charge >= 0.3 is 5.97 Å². The molecule has 5 nitrogen and oxygen atoms in total. The van der Waals surface area contributed by atoms with Crippen LogP contribution in [0.4, 0.5) is 0 Å². The zero-order valence-electron chi connectivity index (χ0n) is 34.6. The van der Waals surface area contributed by atoms with Crippen molar-refractivity contribution in [1.82, 2.24) is 4.90 Å². The summed E-state index contributed by atoms with van der Waals surface area (Å²) in [6.07, 6.45) is 53.0. The van der Waals surface area contributed by atoms with Gasteiger partial charge in [0.2, 0.25) is 0 Å². The van der Waals surface area contributed by atoms with E-state index in [1.54, 1.807) is 0 Å². The summed E-state index contributed by atoms with van der Waals surface area (Å²) in [5.74, 6) is -0.549. The molecule has 0 aromatic rings. The van der Waals surface area contributed by atoms with E-state index < -0.39 is 5.79 Å². The molecule has 1 heterocycles. The Hall–Kier alpha value is -1.69. The minimum Gasteiger partial charge on any atom is -0.462 e.